The van der Waals surface area contributed by atoms with Crippen LogP contribution in [0.2, 0.25) is 0 Å². The molecule has 18 heavy (non-hydrogen) atoms. The summed E-state index contributed by atoms with van der Waals surface area (Å²) >= 11 is 0. The van der Waals surface area contributed by atoms with Crippen LogP contribution in [-0.4, -0.2) is 9.97 Å². The molecular weight excluding hydrogens is 220 g/mol. The molecule has 0 unspecified atom stereocenters. The van der Waals surface area contributed by atoms with E-state index >= 15 is 0 Å². The van der Waals surface area contributed by atoms with Gasteiger partial charge >= 0.3 is 0 Å². The third-order valence-corrected chi connectivity index (χ3v) is 2.88. The van der Waals surface area contributed by atoms with E-state index in [2.05, 4.69) is 28.7 Å². The number of aromatic nitrogens is 2. The zero-order valence-corrected chi connectivity index (χ0v) is 9.88. The molecule has 0 saturated heterocycles. The van der Waals surface area contributed by atoms with E-state index < -0.39 is 0 Å². The van der Waals surface area contributed by atoms with E-state index in [4.69, 9.17) is 0 Å². The highest BCUT2D eigenvalue weighted by Crippen LogP contribution is 2.20. The highest BCUT2D eigenvalue weighted by molar-refractivity contribution is 5.83. The van der Waals surface area contributed by atoms with Crippen LogP contribution >= 0.6 is 0 Å². The van der Waals surface area contributed by atoms with Gasteiger partial charge in [0.1, 0.15) is 0 Å². The Labute approximate surface area is 106 Å². The van der Waals surface area contributed by atoms with Crippen LogP contribution in [0, 0.1) is 0 Å². The SMILES string of the molecule is C=C(c1ccccn1)c1ccc2ccccc2n1. The molecule has 0 saturated carbocycles. The van der Waals surface area contributed by atoms with Crippen molar-refractivity contribution in [2.75, 3.05) is 0 Å². The fourth-order valence-corrected chi connectivity index (χ4v) is 1.91. The molecule has 86 valence electrons. The van der Waals surface area contributed by atoms with Crippen molar-refractivity contribution in [3.05, 3.63) is 78.8 Å². The molecular formula is C16H12N2. The lowest BCUT2D eigenvalue weighted by atomic mass is 10.1. The first-order chi connectivity index (χ1) is 8.84. The van der Waals surface area contributed by atoms with Crippen molar-refractivity contribution in [1.82, 2.24) is 9.97 Å². The van der Waals surface area contributed by atoms with E-state index in [9.17, 15) is 0 Å². The van der Waals surface area contributed by atoms with Crippen molar-refractivity contribution < 1.29 is 0 Å². The van der Waals surface area contributed by atoms with Crippen molar-refractivity contribution in [2.45, 2.75) is 0 Å². The van der Waals surface area contributed by atoms with Gasteiger partial charge in [-0.3, -0.25) is 4.98 Å². The quantitative estimate of drug-likeness (QED) is 0.673. The van der Waals surface area contributed by atoms with Gasteiger partial charge in [0.05, 0.1) is 16.9 Å². The largest absolute Gasteiger partial charge is 0.256 e. The molecule has 1 aromatic carbocycles. The lowest BCUT2D eigenvalue weighted by Gasteiger charge is -2.05. The van der Waals surface area contributed by atoms with Gasteiger partial charge in [0.25, 0.3) is 0 Å². The number of hydrogen-bond donors (Lipinski definition) is 0. The van der Waals surface area contributed by atoms with Crippen molar-refractivity contribution >= 4 is 16.5 Å². The predicted octanol–water partition coefficient (Wildman–Crippen LogP) is 3.69. The number of fused-ring (bicyclic) bond motifs is 1. The molecule has 0 bridgehead atoms. The van der Waals surface area contributed by atoms with Gasteiger partial charge in [0, 0.05) is 17.2 Å². The summed E-state index contributed by atoms with van der Waals surface area (Å²) in [6.45, 7) is 4.08. The first kappa shape index (κ1) is 10.7. The zero-order chi connectivity index (χ0) is 12.4. The van der Waals surface area contributed by atoms with Crippen LogP contribution in [0.15, 0.2) is 67.4 Å². The molecule has 0 aliphatic carbocycles. The number of pyridine rings is 2. The van der Waals surface area contributed by atoms with E-state index in [1.807, 2.05) is 42.5 Å². The molecule has 0 N–H and O–H groups in total. The van der Waals surface area contributed by atoms with Gasteiger partial charge in [0.2, 0.25) is 0 Å². The number of para-hydroxylation sites is 1. The van der Waals surface area contributed by atoms with Gasteiger partial charge in [0.15, 0.2) is 0 Å². The minimum absolute atomic E-state index is 0.848. The van der Waals surface area contributed by atoms with Gasteiger partial charge in [-0.05, 0) is 24.3 Å². The Bertz CT molecular complexity index is 702. The second kappa shape index (κ2) is 4.41. The number of rotatable bonds is 2. The Hall–Kier alpha value is -2.48. The van der Waals surface area contributed by atoms with Crippen molar-refractivity contribution in [1.29, 1.82) is 0 Å². The molecule has 3 rings (SSSR count). The van der Waals surface area contributed by atoms with E-state index in [-0.39, 0.29) is 0 Å². The molecule has 0 fully saturated rings. The maximum absolute atomic E-state index is 4.61. The standard InChI is InChI=1S/C16H12N2/c1-12(14-7-4-5-11-17-14)15-10-9-13-6-2-3-8-16(13)18-15/h2-11H,1H2. The average molecular weight is 232 g/mol. The summed E-state index contributed by atoms with van der Waals surface area (Å²) < 4.78 is 0. The van der Waals surface area contributed by atoms with Gasteiger partial charge in [-0.15, -0.1) is 0 Å². The van der Waals surface area contributed by atoms with Crippen LogP contribution in [-0.2, 0) is 0 Å². The van der Waals surface area contributed by atoms with Crippen LogP contribution < -0.4 is 0 Å². The Balaban J connectivity index is 2.07. The topological polar surface area (TPSA) is 25.8 Å². The summed E-state index contributed by atoms with van der Waals surface area (Å²) in [6.07, 6.45) is 1.77. The first-order valence-corrected chi connectivity index (χ1v) is 5.81. The predicted molar refractivity (Wildman–Crippen MR) is 74.1 cm³/mol. The first-order valence-electron chi connectivity index (χ1n) is 5.81. The van der Waals surface area contributed by atoms with E-state index in [0.29, 0.717) is 0 Å². The maximum atomic E-state index is 4.61. The Morgan fingerprint density at radius 1 is 0.833 bits per heavy atom. The van der Waals surface area contributed by atoms with E-state index in [1.165, 1.54) is 0 Å². The number of nitrogens with zero attached hydrogens (tertiary/aromatic N) is 2. The molecule has 0 atom stereocenters. The van der Waals surface area contributed by atoms with Gasteiger partial charge < -0.3 is 0 Å². The summed E-state index contributed by atoms with van der Waals surface area (Å²) in [7, 11) is 0. The van der Waals surface area contributed by atoms with Gasteiger partial charge in [-0.2, -0.15) is 0 Å². The minimum Gasteiger partial charge on any atom is -0.256 e. The van der Waals surface area contributed by atoms with Crippen LogP contribution in [0.5, 0.6) is 0 Å². The highest BCUT2D eigenvalue weighted by Gasteiger charge is 2.05. The van der Waals surface area contributed by atoms with Crippen molar-refractivity contribution in [3.63, 3.8) is 0 Å². The molecule has 0 aliphatic heterocycles. The molecule has 2 aromatic heterocycles. The lowest BCUT2D eigenvalue weighted by Crippen LogP contribution is -1.93. The minimum atomic E-state index is 0.848. The average Bonchev–Trinajstić information content (AvgIpc) is 2.47. The van der Waals surface area contributed by atoms with Gasteiger partial charge in [-0.1, -0.05) is 36.9 Å². The molecule has 0 spiro atoms. The highest BCUT2D eigenvalue weighted by atomic mass is 14.7. The summed E-state index contributed by atoms with van der Waals surface area (Å²) in [5, 5.41) is 1.13. The summed E-state index contributed by atoms with van der Waals surface area (Å²) in [5.74, 6) is 0. The Morgan fingerprint density at radius 2 is 1.67 bits per heavy atom. The second-order valence-corrected chi connectivity index (χ2v) is 4.08. The van der Waals surface area contributed by atoms with Crippen LogP contribution in [0.1, 0.15) is 11.4 Å². The van der Waals surface area contributed by atoms with Crippen molar-refractivity contribution in [3.8, 4) is 0 Å². The Morgan fingerprint density at radius 3 is 2.50 bits per heavy atom. The van der Waals surface area contributed by atoms with Gasteiger partial charge in [-0.25, -0.2) is 4.98 Å². The Kier molecular flexibility index (Phi) is 2.61. The van der Waals surface area contributed by atoms with Crippen LogP contribution in [0.25, 0.3) is 16.5 Å². The van der Waals surface area contributed by atoms with Crippen LogP contribution in [0.3, 0.4) is 0 Å². The summed E-state index contributed by atoms with van der Waals surface area (Å²) in [6, 6.07) is 17.9. The van der Waals surface area contributed by atoms with E-state index in [1.54, 1.807) is 6.20 Å². The molecule has 3 aromatic rings. The third-order valence-electron chi connectivity index (χ3n) is 2.88. The normalized spacial score (nSPS) is 10.4. The maximum Gasteiger partial charge on any atom is 0.0725 e. The summed E-state index contributed by atoms with van der Waals surface area (Å²) in [4.78, 5) is 8.91. The van der Waals surface area contributed by atoms with E-state index in [0.717, 1.165) is 27.9 Å². The third kappa shape index (κ3) is 1.89. The molecule has 0 amide bonds. The molecule has 2 nitrogen and oxygen atoms in total. The molecule has 0 aliphatic rings. The molecule has 2 heteroatoms. The molecule has 0 radical (unpaired) electrons. The zero-order valence-electron chi connectivity index (χ0n) is 9.88. The summed E-state index contributed by atoms with van der Waals surface area (Å²) in [5.41, 5.74) is 3.56. The smallest absolute Gasteiger partial charge is 0.0725 e. The molecule has 2 heterocycles. The fourth-order valence-electron chi connectivity index (χ4n) is 1.91. The number of benzene rings is 1. The van der Waals surface area contributed by atoms with Crippen molar-refractivity contribution in [2.24, 2.45) is 0 Å². The second-order valence-electron chi connectivity index (χ2n) is 4.08. The fraction of sp³-hybridized carbons (Fsp3) is 0. The number of hydrogen-bond acceptors (Lipinski definition) is 2. The van der Waals surface area contributed by atoms with Crippen LogP contribution in [0.4, 0.5) is 0 Å². The monoisotopic (exact) mass is 232 g/mol. The lowest BCUT2D eigenvalue weighted by molar-refractivity contribution is 1.25.